The third kappa shape index (κ3) is 7.71. The first-order chi connectivity index (χ1) is 8.77. The van der Waals surface area contributed by atoms with Gasteiger partial charge in [0.25, 0.3) is 0 Å². The SMILES string of the molecule is COC(=O)C(CC(C)C)NC(=O)CSC(C)C(=O)O. The summed E-state index contributed by atoms with van der Waals surface area (Å²) < 4.78 is 4.62. The van der Waals surface area contributed by atoms with E-state index in [0.717, 1.165) is 11.8 Å². The average molecular weight is 291 g/mol. The van der Waals surface area contributed by atoms with Crippen molar-refractivity contribution in [2.45, 2.75) is 38.5 Å². The molecule has 0 bridgehead atoms. The number of nitrogens with one attached hydrogen (secondary N) is 1. The smallest absolute Gasteiger partial charge is 0.328 e. The number of carboxylic acid groups (broad SMARTS) is 1. The quantitative estimate of drug-likeness (QED) is 0.645. The first-order valence-corrected chi connectivity index (χ1v) is 7.04. The summed E-state index contributed by atoms with van der Waals surface area (Å²) in [6.45, 7) is 5.37. The van der Waals surface area contributed by atoms with Crippen LogP contribution in [0.2, 0.25) is 0 Å². The Kier molecular flexibility index (Phi) is 8.22. The van der Waals surface area contributed by atoms with Crippen molar-refractivity contribution in [3.63, 3.8) is 0 Å². The number of aliphatic carboxylic acids is 1. The van der Waals surface area contributed by atoms with Crippen molar-refractivity contribution < 1.29 is 24.2 Å². The van der Waals surface area contributed by atoms with Crippen LogP contribution in [-0.2, 0) is 19.1 Å². The van der Waals surface area contributed by atoms with Crippen molar-refractivity contribution in [2.24, 2.45) is 5.92 Å². The third-order valence-corrected chi connectivity index (χ3v) is 3.47. The van der Waals surface area contributed by atoms with E-state index in [-0.39, 0.29) is 17.6 Å². The number of hydrogen-bond acceptors (Lipinski definition) is 5. The van der Waals surface area contributed by atoms with Gasteiger partial charge in [0, 0.05) is 0 Å². The van der Waals surface area contributed by atoms with Gasteiger partial charge in [0.1, 0.15) is 6.04 Å². The molecule has 2 N–H and O–H groups in total. The lowest BCUT2D eigenvalue weighted by molar-refractivity contribution is -0.145. The molecule has 0 fully saturated rings. The Morgan fingerprint density at radius 3 is 2.26 bits per heavy atom. The number of carboxylic acids is 1. The fourth-order valence-electron chi connectivity index (χ4n) is 1.34. The van der Waals surface area contributed by atoms with Gasteiger partial charge >= 0.3 is 11.9 Å². The van der Waals surface area contributed by atoms with Crippen molar-refractivity contribution >= 4 is 29.6 Å². The second kappa shape index (κ2) is 8.79. The normalized spacial score (nSPS) is 13.7. The zero-order valence-electron chi connectivity index (χ0n) is 11.6. The predicted octanol–water partition coefficient (Wildman–Crippen LogP) is 0.897. The largest absolute Gasteiger partial charge is 0.480 e. The summed E-state index contributed by atoms with van der Waals surface area (Å²) in [5.41, 5.74) is 0. The second-order valence-corrected chi connectivity index (χ2v) is 5.89. The molecule has 0 aromatic heterocycles. The summed E-state index contributed by atoms with van der Waals surface area (Å²) in [5.74, 6) is -1.59. The molecule has 0 radical (unpaired) electrons. The Bertz CT molecular complexity index is 332. The van der Waals surface area contributed by atoms with Crippen LogP contribution in [0.3, 0.4) is 0 Å². The molecule has 0 aliphatic carbocycles. The van der Waals surface area contributed by atoms with Crippen molar-refractivity contribution in [2.75, 3.05) is 12.9 Å². The molecule has 0 spiro atoms. The van der Waals surface area contributed by atoms with Crippen LogP contribution in [0.1, 0.15) is 27.2 Å². The van der Waals surface area contributed by atoms with Gasteiger partial charge in [-0.2, -0.15) is 0 Å². The minimum absolute atomic E-state index is 0.000936. The van der Waals surface area contributed by atoms with Gasteiger partial charge in [-0.1, -0.05) is 13.8 Å². The average Bonchev–Trinajstić information content (AvgIpc) is 2.33. The Morgan fingerprint density at radius 2 is 1.84 bits per heavy atom. The lowest BCUT2D eigenvalue weighted by atomic mass is 10.0. The van der Waals surface area contributed by atoms with Crippen LogP contribution >= 0.6 is 11.8 Å². The highest BCUT2D eigenvalue weighted by atomic mass is 32.2. The van der Waals surface area contributed by atoms with E-state index in [1.54, 1.807) is 0 Å². The molecule has 0 aromatic rings. The van der Waals surface area contributed by atoms with Gasteiger partial charge in [-0.15, -0.1) is 11.8 Å². The molecule has 6 nitrogen and oxygen atoms in total. The fourth-order valence-corrected chi connectivity index (χ4v) is 1.96. The standard InChI is InChI=1S/C12H21NO5S/c1-7(2)5-9(12(17)18-4)13-10(14)6-19-8(3)11(15)16/h7-9H,5-6H2,1-4H3,(H,13,14)(H,15,16). The number of carbonyl (C=O) groups is 3. The summed E-state index contributed by atoms with van der Waals surface area (Å²) in [6.07, 6.45) is 0.484. The second-order valence-electron chi connectivity index (χ2n) is 4.56. The van der Waals surface area contributed by atoms with Gasteiger partial charge in [0.2, 0.25) is 5.91 Å². The van der Waals surface area contributed by atoms with Gasteiger partial charge in [0.15, 0.2) is 0 Å². The van der Waals surface area contributed by atoms with Gasteiger partial charge in [-0.05, 0) is 19.3 Å². The maximum atomic E-state index is 11.6. The van der Waals surface area contributed by atoms with E-state index in [0.29, 0.717) is 6.42 Å². The van der Waals surface area contributed by atoms with Crippen LogP contribution in [0.5, 0.6) is 0 Å². The highest BCUT2D eigenvalue weighted by molar-refractivity contribution is 8.01. The molecule has 0 heterocycles. The summed E-state index contributed by atoms with van der Waals surface area (Å²) in [4.78, 5) is 33.7. The lowest BCUT2D eigenvalue weighted by Crippen LogP contribution is -2.43. The third-order valence-electron chi connectivity index (χ3n) is 2.34. The molecule has 0 saturated carbocycles. The molecule has 0 rings (SSSR count). The molecule has 0 saturated heterocycles. The van der Waals surface area contributed by atoms with Crippen LogP contribution in [0.25, 0.3) is 0 Å². The Labute approximate surface area is 117 Å². The van der Waals surface area contributed by atoms with E-state index in [9.17, 15) is 14.4 Å². The molecule has 2 unspecified atom stereocenters. The fraction of sp³-hybridized carbons (Fsp3) is 0.750. The molecule has 1 amide bonds. The summed E-state index contributed by atoms with van der Waals surface area (Å²) in [6, 6.07) is -0.682. The predicted molar refractivity (Wildman–Crippen MR) is 73.0 cm³/mol. The van der Waals surface area contributed by atoms with Crippen molar-refractivity contribution in [3.05, 3.63) is 0 Å². The zero-order valence-corrected chi connectivity index (χ0v) is 12.5. The maximum Gasteiger partial charge on any atom is 0.328 e. The van der Waals surface area contributed by atoms with E-state index in [1.165, 1.54) is 14.0 Å². The molecule has 110 valence electrons. The van der Waals surface area contributed by atoms with Crippen LogP contribution in [-0.4, -0.2) is 47.1 Å². The lowest BCUT2D eigenvalue weighted by Gasteiger charge is -2.18. The molecule has 7 heteroatoms. The molecule has 19 heavy (non-hydrogen) atoms. The van der Waals surface area contributed by atoms with Crippen molar-refractivity contribution in [1.29, 1.82) is 0 Å². The van der Waals surface area contributed by atoms with E-state index >= 15 is 0 Å². The van der Waals surface area contributed by atoms with E-state index < -0.39 is 23.2 Å². The Morgan fingerprint density at radius 1 is 1.26 bits per heavy atom. The molecular formula is C12H21NO5S. The number of carbonyl (C=O) groups excluding carboxylic acids is 2. The maximum absolute atomic E-state index is 11.6. The van der Waals surface area contributed by atoms with Crippen molar-refractivity contribution in [1.82, 2.24) is 5.32 Å². The van der Waals surface area contributed by atoms with Gasteiger partial charge in [-0.25, -0.2) is 4.79 Å². The number of methoxy groups -OCH3 is 1. The first-order valence-electron chi connectivity index (χ1n) is 5.99. The van der Waals surface area contributed by atoms with E-state index in [2.05, 4.69) is 10.1 Å². The molecule has 0 aromatic carbocycles. The summed E-state index contributed by atoms with van der Waals surface area (Å²) in [7, 11) is 1.27. The summed E-state index contributed by atoms with van der Waals surface area (Å²) in [5, 5.41) is 10.6. The number of esters is 1. The minimum atomic E-state index is -0.968. The molecule has 2 atom stereocenters. The van der Waals surface area contributed by atoms with Gasteiger partial charge in [-0.3, -0.25) is 9.59 Å². The minimum Gasteiger partial charge on any atom is -0.480 e. The number of rotatable bonds is 8. The van der Waals surface area contributed by atoms with E-state index in [4.69, 9.17) is 5.11 Å². The van der Waals surface area contributed by atoms with Crippen LogP contribution in [0, 0.1) is 5.92 Å². The highest BCUT2D eigenvalue weighted by Crippen LogP contribution is 2.11. The Balaban J connectivity index is 4.31. The Hall–Kier alpha value is -1.24. The van der Waals surface area contributed by atoms with Crippen LogP contribution in [0.15, 0.2) is 0 Å². The molecule has 0 aliphatic rings. The van der Waals surface area contributed by atoms with Gasteiger partial charge < -0.3 is 15.2 Å². The number of hydrogen-bond donors (Lipinski definition) is 2. The molecule has 0 aliphatic heterocycles. The first kappa shape index (κ1) is 17.8. The van der Waals surface area contributed by atoms with Crippen LogP contribution in [0.4, 0.5) is 0 Å². The topological polar surface area (TPSA) is 92.7 Å². The van der Waals surface area contributed by atoms with Crippen LogP contribution < -0.4 is 5.32 Å². The number of thioether (sulfide) groups is 1. The monoisotopic (exact) mass is 291 g/mol. The van der Waals surface area contributed by atoms with Gasteiger partial charge in [0.05, 0.1) is 18.1 Å². The number of ether oxygens (including phenoxy) is 1. The number of amides is 1. The highest BCUT2D eigenvalue weighted by Gasteiger charge is 2.23. The van der Waals surface area contributed by atoms with Crippen molar-refractivity contribution in [3.8, 4) is 0 Å². The van der Waals surface area contributed by atoms with E-state index in [1.807, 2.05) is 13.8 Å². The molecular weight excluding hydrogens is 270 g/mol. The summed E-state index contributed by atoms with van der Waals surface area (Å²) >= 11 is 1.01. The zero-order chi connectivity index (χ0) is 15.0.